The van der Waals surface area contributed by atoms with Crippen molar-refractivity contribution in [3.05, 3.63) is 69.7 Å². The van der Waals surface area contributed by atoms with Crippen LogP contribution in [0.15, 0.2) is 45.5 Å². The molecule has 1 aromatic heterocycles. The van der Waals surface area contributed by atoms with Crippen LogP contribution < -0.4 is 10.5 Å². The molecule has 35 heavy (non-hydrogen) atoms. The maximum Gasteiger partial charge on any atom is 0.416 e. The number of aromatic nitrogens is 1. The van der Waals surface area contributed by atoms with Crippen LogP contribution in [-0.2, 0) is 15.7 Å². The number of nitrogens with zero attached hydrogens (tertiary/aromatic N) is 1. The second-order valence-electron chi connectivity index (χ2n) is 7.02. The van der Waals surface area contributed by atoms with Crippen LogP contribution in [0, 0.1) is 11.6 Å². The van der Waals surface area contributed by atoms with Crippen molar-refractivity contribution in [1.29, 1.82) is 0 Å². The highest BCUT2D eigenvalue weighted by Gasteiger charge is 2.31. The van der Waals surface area contributed by atoms with Crippen LogP contribution in [-0.4, -0.2) is 37.8 Å². The molecular formula is C22H18BrF5N2O5. The molecule has 0 saturated carbocycles. The number of halogens is 6. The molecule has 0 bridgehead atoms. The third-order valence-electron chi connectivity index (χ3n) is 4.64. The third kappa shape index (κ3) is 6.35. The minimum atomic E-state index is -4.51. The molecular weight excluding hydrogens is 547 g/mol. The lowest BCUT2D eigenvalue weighted by Gasteiger charge is -2.17. The van der Waals surface area contributed by atoms with E-state index in [2.05, 4.69) is 20.9 Å². The number of benzene rings is 2. The fourth-order valence-corrected chi connectivity index (χ4v) is 3.43. The molecule has 0 aliphatic carbocycles. The number of ether oxygens (including phenoxy) is 3. The highest BCUT2D eigenvalue weighted by Crippen LogP contribution is 2.35. The third-order valence-corrected chi connectivity index (χ3v) is 5.17. The summed E-state index contributed by atoms with van der Waals surface area (Å²) in [5, 5.41) is 0. The van der Waals surface area contributed by atoms with E-state index in [-0.39, 0.29) is 36.1 Å². The van der Waals surface area contributed by atoms with Gasteiger partial charge in [-0.05, 0) is 40.2 Å². The number of hydrogen-bond acceptors (Lipinski definition) is 6. The molecule has 1 unspecified atom stereocenters. The summed E-state index contributed by atoms with van der Waals surface area (Å²) in [5.41, 5.74) is 3.66. The fourth-order valence-electron chi connectivity index (χ4n) is 2.94. The van der Waals surface area contributed by atoms with Crippen molar-refractivity contribution >= 4 is 21.8 Å². The Kier molecular flexibility index (Phi) is 8.46. The number of methoxy groups -OCH3 is 1. The first-order valence-electron chi connectivity index (χ1n) is 9.88. The Morgan fingerprint density at radius 2 is 1.83 bits per heavy atom. The van der Waals surface area contributed by atoms with Crippen LogP contribution in [0.25, 0.3) is 11.3 Å². The van der Waals surface area contributed by atoms with E-state index in [0.717, 1.165) is 24.3 Å². The lowest BCUT2D eigenvalue weighted by molar-refractivity contribution is -0.137. The summed E-state index contributed by atoms with van der Waals surface area (Å²) in [7, 11) is 1.46. The molecule has 13 heteroatoms. The number of primary amides is 1. The van der Waals surface area contributed by atoms with Crippen LogP contribution in [0.5, 0.6) is 5.75 Å². The summed E-state index contributed by atoms with van der Waals surface area (Å²) in [6.07, 6.45) is -5.71. The second-order valence-corrected chi connectivity index (χ2v) is 7.74. The minimum absolute atomic E-state index is 0.0650. The van der Waals surface area contributed by atoms with Gasteiger partial charge in [-0.2, -0.15) is 13.2 Å². The van der Waals surface area contributed by atoms with Gasteiger partial charge < -0.3 is 24.4 Å². The number of nitrogens with two attached hydrogens (primary N) is 1. The largest absolute Gasteiger partial charge is 0.475 e. The number of amides is 1. The minimum Gasteiger partial charge on any atom is -0.475 e. The van der Waals surface area contributed by atoms with Gasteiger partial charge in [0.1, 0.15) is 17.1 Å². The van der Waals surface area contributed by atoms with E-state index in [0.29, 0.717) is 5.56 Å². The molecule has 0 aliphatic heterocycles. The van der Waals surface area contributed by atoms with Gasteiger partial charge in [0.25, 0.3) is 5.91 Å². The number of oxazole rings is 1. The zero-order chi connectivity index (χ0) is 25.8. The monoisotopic (exact) mass is 564 g/mol. The first kappa shape index (κ1) is 26.6. The first-order valence-corrected chi connectivity index (χ1v) is 10.7. The quantitative estimate of drug-likeness (QED) is 0.266. The molecule has 0 spiro atoms. The van der Waals surface area contributed by atoms with E-state index in [1.54, 1.807) is 0 Å². The van der Waals surface area contributed by atoms with E-state index >= 15 is 0 Å². The van der Waals surface area contributed by atoms with Crippen LogP contribution in [0.2, 0.25) is 0 Å². The Bertz CT molecular complexity index is 1180. The van der Waals surface area contributed by atoms with Gasteiger partial charge in [0.05, 0.1) is 25.4 Å². The van der Waals surface area contributed by atoms with Crippen LogP contribution in [0.3, 0.4) is 0 Å². The van der Waals surface area contributed by atoms with Gasteiger partial charge in [-0.25, -0.2) is 13.8 Å². The van der Waals surface area contributed by atoms with Gasteiger partial charge in [0, 0.05) is 12.7 Å². The molecule has 2 aromatic carbocycles. The maximum atomic E-state index is 14.7. The predicted molar refractivity (Wildman–Crippen MR) is 116 cm³/mol. The average molecular weight is 565 g/mol. The Labute approximate surface area is 204 Å². The Morgan fingerprint density at radius 1 is 1.14 bits per heavy atom. The molecule has 0 saturated heterocycles. The SMILES string of the molecule is COCCOCC(Oc1ccc(F)c(C(N)=O)c1F)c1nc(-c2ccc(C(F)(F)F)cc2)c(Br)o1. The summed E-state index contributed by atoms with van der Waals surface area (Å²) >= 11 is 3.16. The number of hydrogen-bond donors (Lipinski definition) is 1. The molecule has 2 N–H and O–H groups in total. The van der Waals surface area contributed by atoms with E-state index < -0.39 is 46.7 Å². The topological polar surface area (TPSA) is 96.8 Å². The summed E-state index contributed by atoms with van der Waals surface area (Å²) in [5.74, 6) is -4.48. The number of alkyl halides is 3. The van der Waals surface area contributed by atoms with Crippen molar-refractivity contribution in [3.8, 4) is 17.0 Å². The van der Waals surface area contributed by atoms with Crippen molar-refractivity contribution in [2.24, 2.45) is 5.73 Å². The normalized spacial score (nSPS) is 12.5. The van der Waals surface area contributed by atoms with Gasteiger partial charge in [0.15, 0.2) is 22.3 Å². The molecule has 0 radical (unpaired) electrons. The zero-order valence-corrected chi connectivity index (χ0v) is 19.6. The summed E-state index contributed by atoms with van der Waals surface area (Å²) in [6.45, 7) is 0.128. The number of rotatable bonds is 10. The van der Waals surface area contributed by atoms with Gasteiger partial charge >= 0.3 is 6.18 Å². The Morgan fingerprint density at radius 3 is 2.43 bits per heavy atom. The van der Waals surface area contributed by atoms with E-state index in [4.69, 9.17) is 24.4 Å². The second kappa shape index (κ2) is 11.1. The molecule has 1 heterocycles. The van der Waals surface area contributed by atoms with E-state index in [1.165, 1.54) is 19.2 Å². The van der Waals surface area contributed by atoms with Crippen molar-refractivity contribution in [2.45, 2.75) is 12.3 Å². The van der Waals surface area contributed by atoms with Crippen LogP contribution >= 0.6 is 15.9 Å². The Balaban J connectivity index is 1.94. The standard InChI is InChI=1S/C22H18BrF5N2O5/c1-32-8-9-33-10-15(34-14-7-6-13(24)16(17(14)25)20(29)31)21-30-18(19(23)35-21)11-2-4-12(5-3-11)22(26,27)28/h2-7,15H,8-10H2,1H3,(H2,29,31). The van der Waals surface area contributed by atoms with Crippen LogP contribution in [0.1, 0.15) is 27.9 Å². The van der Waals surface area contributed by atoms with E-state index in [9.17, 15) is 26.7 Å². The molecule has 1 amide bonds. The van der Waals surface area contributed by atoms with Crippen LogP contribution in [0.4, 0.5) is 22.0 Å². The number of carbonyl (C=O) groups excluding carboxylic acids is 1. The van der Waals surface area contributed by atoms with Crippen molar-refractivity contribution in [3.63, 3.8) is 0 Å². The molecule has 7 nitrogen and oxygen atoms in total. The van der Waals surface area contributed by atoms with Gasteiger partial charge in [-0.15, -0.1) is 0 Å². The summed E-state index contributed by atoms with van der Waals surface area (Å²) < 4.78 is 88.7. The molecule has 0 aliphatic rings. The highest BCUT2D eigenvalue weighted by molar-refractivity contribution is 9.10. The van der Waals surface area contributed by atoms with Crippen molar-refractivity contribution in [1.82, 2.24) is 4.98 Å². The summed E-state index contributed by atoms with van der Waals surface area (Å²) in [4.78, 5) is 15.7. The fraction of sp³-hybridized carbons (Fsp3) is 0.273. The smallest absolute Gasteiger partial charge is 0.416 e. The Hall–Kier alpha value is -3.03. The molecule has 3 aromatic rings. The van der Waals surface area contributed by atoms with Gasteiger partial charge in [0.2, 0.25) is 5.89 Å². The highest BCUT2D eigenvalue weighted by atomic mass is 79.9. The summed E-state index contributed by atoms with van der Waals surface area (Å²) in [6, 6.07) is 5.95. The molecule has 0 fully saturated rings. The number of carbonyl (C=O) groups is 1. The van der Waals surface area contributed by atoms with Gasteiger partial charge in [-0.3, -0.25) is 4.79 Å². The maximum absolute atomic E-state index is 14.7. The zero-order valence-electron chi connectivity index (χ0n) is 18.0. The van der Waals surface area contributed by atoms with Gasteiger partial charge in [-0.1, -0.05) is 12.1 Å². The average Bonchev–Trinajstić information content (AvgIpc) is 3.18. The predicted octanol–water partition coefficient (Wildman–Crippen LogP) is 5.28. The molecule has 3 rings (SSSR count). The lowest BCUT2D eigenvalue weighted by Crippen LogP contribution is -2.20. The molecule has 1 atom stereocenters. The van der Waals surface area contributed by atoms with E-state index in [1.807, 2.05) is 0 Å². The first-order chi connectivity index (χ1) is 16.5. The lowest BCUT2D eigenvalue weighted by atomic mass is 10.1. The van der Waals surface area contributed by atoms with Crippen molar-refractivity contribution in [2.75, 3.05) is 26.9 Å². The molecule has 188 valence electrons. The van der Waals surface area contributed by atoms with Crippen molar-refractivity contribution < 1.29 is 45.4 Å².